The fourth-order valence-electron chi connectivity index (χ4n) is 4.11. The number of carbonyl (C=O) groups excluding carboxylic acids is 2. The maximum Gasteiger partial charge on any atom is 0.255 e. The molecule has 1 aromatic carbocycles. The van der Waals surface area contributed by atoms with Gasteiger partial charge in [0.1, 0.15) is 5.75 Å². The minimum Gasteiger partial charge on any atom is -0.497 e. The zero-order chi connectivity index (χ0) is 19.4. The molecule has 27 heavy (non-hydrogen) atoms. The van der Waals surface area contributed by atoms with Crippen molar-refractivity contribution < 1.29 is 19.1 Å². The number of halogens is 1. The van der Waals surface area contributed by atoms with Gasteiger partial charge in [-0.05, 0) is 59.8 Å². The maximum absolute atomic E-state index is 13.1. The molecule has 0 bridgehead atoms. The Morgan fingerprint density at radius 2 is 1.96 bits per heavy atom. The smallest absolute Gasteiger partial charge is 0.255 e. The minimum absolute atomic E-state index is 0.0269. The topological polar surface area (TPSA) is 59.1 Å². The normalized spacial score (nSPS) is 21.0. The first-order valence-electron chi connectivity index (χ1n) is 9.50. The van der Waals surface area contributed by atoms with Crippen LogP contribution in [-0.2, 0) is 9.53 Å². The average molecular weight is 439 g/mol. The zero-order valence-corrected chi connectivity index (χ0v) is 17.5. The van der Waals surface area contributed by atoms with Crippen LogP contribution in [0.2, 0.25) is 0 Å². The number of rotatable bonds is 4. The zero-order valence-electron chi connectivity index (χ0n) is 15.9. The Hall–Kier alpha value is -1.60. The molecule has 1 aromatic rings. The van der Waals surface area contributed by atoms with E-state index >= 15 is 0 Å². The molecule has 3 rings (SSSR count). The highest BCUT2D eigenvalue weighted by atomic mass is 79.9. The van der Waals surface area contributed by atoms with Crippen LogP contribution < -0.4 is 4.74 Å². The number of benzene rings is 1. The second kappa shape index (κ2) is 9.06. The van der Waals surface area contributed by atoms with Crippen molar-refractivity contribution in [2.24, 2.45) is 0 Å². The minimum atomic E-state index is -0.0269. The molecule has 2 aliphatic rings. The van der Waals surface area contributed by atoms with Gasteiger partial charge >= 0.3 is 0 Å². The van der Waals surface area contributed by atoms with Crippen molar-refractivity contribution in [3.8, 4) is 5.75 Å². The van der Waals surface area contributed by atoms with Crippen LogP contribution in [0.15, 0.2) is 22.7 Å². The molecule has 2 fully saturated rings. The molecule has 148 valence electrons. The molecule has 2 heterocycles. The summed E-state index contributed by atoms with van der Waals surface area (Å²) in [5.74, 6) is 0.715. The highest BCUT2D eigenvalue weighted by Crippen LogP contribution is 2.27. The van der Waals surface area contributed by atoms with Crippen LogP contribution in [0, 0.1) is 0 Å². The summed E-state index contributed by atoms with van der Waals surface area (Å²) < 4.78 is 11.5. The Kier molecular flexibility index (Phi) is 6.76. The van der Waals surface area contributed by atoms with Crippen LogP contribution in [0.3, 0.4) is 0 Å². The largest absolute Gasteiger partial charge is 0.497 e. The van der Waals surface area contributed by atoms with Gasteiger partial charge in [0.05, 0.1) is 12.7 Å². The third kappa shape index (κ3) is 4.63. The molecular weight excluding hydrogens is 412 g/mol. The van der Waals surface area contributed by atoms with Crippen LogP contribution >= 0.6 is 15.9 Å². The van der Waals surface area contributed by atoms with Gasteiger partial charge in [-0.1, -0.05) is 0 Å². The number of ether oxygens (including phenoxy) is 2. The standard InChI is InChI=1S/C20H27BrN2O4/c1-14(24)23(15-7-10-27-11-8-15)16-4-3-9-22(13-16)20(25)18-12-17(26-2)5-6-19(18)21/h5-6,12,15-16H,3-4,7-11,13H2,1-2H3. The van der Waals surface area contributed by atoms with Gasteiger partial charge < -0.3 is 19.3 Å². The fourth-order valence-corrected chi connectivity index (χ4v) is 4.52. The van der Waals surface area contributed by atoms with Gasteiger partial charge in [-0.15, -0.1) is 0 Å². The molecule has 0 N–H and O–H groups in total. The summed E-state index contributed by atoms with van der Waals surface area (Å²) >= 11 is 3.48. The average Bonchev–Trinajstić information content (AvgIpc) is 2.69. The van der Waals surface area contributed by atoms with E-state index in [-0.39, 0.29) is 23.9 Å². The summed E-state index contributed by atoms with van der Waals surface area (Å²) in [6.45, 7) is 4.30. The lowest BCUT2D eigenvalue weighted by atomic mass is 9.98. The number of hydrogen-bond acceptors (Lipinski definition) is 4. The lowest BCUT2D eigenvalue weighted by Crippen LogP contribution is -2.55. The molecule has 6 nitrogen and oxygen atoms in total. The Bertz CT molecular complexity index is 691. The van der Waals surface area contributed by atoms with Crippen LogP contribution in [0.1, 0.15) is 43.0 Å². The van der Waals surface area contributed by atoms with Crippen molar-refractivity contribution in [3.05, 3.63) is 28.2 Å². The van der Waals surface area contributed by atoms with E-state index in [0.717, 1.165) is 30.2 Å². The van der Waals surface area contributed by atoms with Crippen molar-refractivity contribution >= 4 is 27.7 Å². The molecule has 0 saturated carbocycles. The fraction of sp³-hybridized carbons (Fsp3) is 0.600. The van der Waals surface area contributed by atoms with E-state index in [4.69, 9.17) is 9.47 Å². The summed E-state index contributed by atoms with van der Waals surface area (Å²) in [6.07, 6.45) is 3.56. The van der Waals surface area contributed by atoms with E-state index in [2.05, 4.69) is 15.9 Å². The van der Waals surface area contributed by atoms with Crippen molar-refractivity contribution in [1.82, 2.24) is 9.80 Å². The van der Waals surface area contributed by atoms with Crippen molar-refractivity contribution in [2.75, 3.05) is 33.4 Å². The molecule has 0 aromatic heterocycles. The second-order valence-corrected chi connectivity index (χ2v) is 8.02. The first kappa shape index (κ1) is 20.1. The Balaban J connectivity index is 1.76. The van der Waals surface area contributed by atoms with E-state index in [9.17, 15) is 9.59 Å². The number of hydrogen-bond donors (Lipinski definition) is 0. The Labute approximate surface area is 168 Å². The Morgan fingerprint density at radius 3 is 2.63 bits per heavy atom. The van der Waals surface area contributed by atoms with Crippen LogP contribution in [0.5, 0.6) is 5.75 Å². The number of piperidine rings is 1. The van der Waals surface area contributed by atoms with Gasteiger partial charge in [-0.25, -0.2) is 0 Å². The van der Waals surface area contributed by atoms with Crippen LogP contribution in [0.25, 0.3) is 0 Å². The van der Waals surface area contributed by atoms with E-state index in [1.54, 1.807) is 20.1 Å². The van der Waals surface area contributed by atoms with E-state index in [1.807, 2.05) is 21.9 Å². The summed E-state index contributed by atoms with van der Waals surface area (Å²) in [7, 11) is 1.59. The number of carbonyl (C=O) groups is 2. The van der Waals surface area contributed by atoms with E-state index < -0.39 is 0 Å². The van der Waals surface area contributed by atoms with Crippen LogP contribution in [0.4, 0.5) is 0 Å². The molecule has 2 saturated heterocycles. The third-order valence-electron chi connectivity index (χ3n) is 5.43. The van der Waals surface area contributed by atoms with Crippen molar-refractivity contribution in [1.29, 1.82) is 0 Å². The third-order valence-corrected chi connectivity index (χ3v) is 6.12. The summed E-state index contributed by atoms with van der Waals surface area (Å²) in [5.41, 5.74) is 0.593. The monoisotopic (exact) mass is 438 g/mol. The lowest BCUT2D eigenvalue weighted by molar-refractivity contribution is -0.137. The first-order valence-corrected chi connectivity index (χ1v) is 10.3. The number of nitrogens with zero attached hydrogens (tertiary/aromatic N) is 2. The molecule has 2 aliphatic heterocycles. The predicted molar refractivity (Wildman–Crippen MR) is 106 cm³/mol. The van der Waals surface area contributed by atoms with E-state index in [1.165, 1.54) is 0 Å². The molecule has 0 spiro atoms. The molecule has 1 unspecified atom stereocenters. The van der Waals surface area contributed by atoms with Gasteiger partial charge in [0.15, 0.2) is 0 Å². The first-order chi connectivity index (χ1) is 13.0. The summed E-state index contributed by atoms with van der Waals surface area (Å²) in [5, 5.41) is 0. The van der Waals surface area contributed by atoms with Gasteiger partial charge in [0.25, 0.3) is 5.91 Å². The second-order valence-electron chi connectivity index (χ2n) is 7.16. The highest BCUT2D eigenvalue weighted by molar-refractivity contribution is 9.10. The molecular formula is C20H27BrN2O4. The van der Waals surface area contributed by atoms with Gasteiger partial charge in [0, 0.05) is 49.8 Å². The maximum atomic E-state index is 13.1. The van der Waals surface area contributed by atoms with E-state index in [0.29, 0.717) is 37.6 Å². The quantitative estimate of drug-likeness (QED) is 0.724. The molecule has 0 aliphatic carbocycles. The number of amides is 2. The number of likely N-dealkylation sites (tertiary alicyclic amines) is 1. The van der Waals surface area contributed by atoms with Crippen molar-refractivity contribution in [2.45, 2.75) is 44.7 Å². The molecule has 1 atom stereocenters. The van der Waals surface area contributed by atoms with Gasteiger partial charge in [0.2, 0.25) is 5.91 Å². The van der Waals surface area contributed by atoms with Crippen LogP contribution in [-0.4, -0.2) is 67.1 Å². The molecule has 2 amide bonds. The highest BCUT2D eigenvalue weighted by Gasteiger charge is 2.34. The lowest BCUT2D eigenvalue weighted by Gasteiger charge is -2.44. The van der Waals surface area contributed by atoms with Gasteiger partial charge in [-0.2, -0.15) is 0 Å². The number of methoxy groups -OCH3 is 1. The Morgan fingerprint density at radius 1 is 1.22 bits per heavy atom. The van der Waals surface area contributed by atoms with Crippen molar-refractivity contribution in [3.63, 3.8) is 0 Å². The summed E-state index contributed by atoms with van der Waals surface area (Å²) in [6, 6.07) is 5.68. The predicted octanol–water partition coefficient (Wildman–Crippen LogP) is 3.09. The summed E-state index contributed by atoms with van der Waals surface area (Å²) in [4.78, 5) is 29.4. The van der Waals surface area contributed by atoms with Gasteiger partial charge in [-0.3, -0.25) is 9.59 Å². The molecule has 0 radical (unpaired) electrons. The SMILES string of the molecule is COc1ccc(Br)c(C(=O)N2CCCC(N(C(C)=O)C3CCOCC3)C2)c1. The molecule has 7 heteroatoms.